The summed E-state index contributed by atoms with van der Waals surface area (Å²) in [6, 6.07) is 0. The first kappa shape index (κ1) is 14.5. The fourth-order valence-electron chi connectivity index (χ4n) is 3.41. The summed E-state index contributed by atoms with van der Waals surface area (Å²) < 4.78 is 10.8. The molecule has 0 saturated heterocycles. The summed E-state index contributed by atoms with van der Waals surface area (Å²) in [6.07, 6.45) is 5.75. The molecule has 0 amide bonds. The molecule has 1 atom stereocenters. The lowest BCUT2D eigenvalue weighted by atomic mass is 9.74. The Morgan fingerprint density at radius 2 is 2.00 bits per heavy atom. The molecule has 0 bridgehead atoms. The molecule has 5 heteroatoms. The Morgan fingerprint density at radius 3 is 2.57 bits per heavy atom. The van der Waals surface area contributed by atoms with Crippen LogP contribution >= 0.6 is 0 Å². The van der Waals surface area contributed by atoms with Gasteiger partial charge in [0.15, 0.2) is 5.82 Å². The maximum atomic E-state index is 12.5. The zero-order chi connectivity index (χ0) is 15.1. The smallest absolute Gasteiger partial charge is 0.321 e. The van der Waals surface area contributed by atoms with Crippen LogP contribution in [0.1, 0.15) is 76.9 Å². The van der Waals surface area contributed by atoms with Gasteiger partial charge in [0.2, 0.25) is 5.89 Å². The van der Waals surface area contributed by atoms with Crippen molar-refractivity contribution in [2.75, 3.05) is 6.61 Å². The van der Waals surface area contributed by atoms with Crippen molar-refractivity contribution in [3.05, 3.63) is 11.7 Å². The first-order chi connectivity index (χ1) is 9.99. The van der Waals surface area contributed by atoms with E-state index >= 15 is 0 Å². The first-order valence-electron chi connectivity index (χ1n) is 8.01. The van der Waals surface area contributed by atoms with E-state index in [1.54, 1.807) is 0 Å². The number of ether oxygens (including phenoxy) is 1. The highest BCUT2D eigenvalue weighted by Crippen LogP contribution is 2.57. The van der Waals surface area contributed by atoms with Crippen molar-refractivity contribution in [1.29, 1.82) is 0 Å². The van der Waals surface area contributed by atoms with Crippen LogP contribution in [0.2, 0.25) is 0 Å². The molecule has 2 saturated carbocycles. The maximum absolute atomic E-state index is 12.5. The molecule has 1 aromatic rings. The summed E-state index contributed by atoms with van der Waals surface area (Å²) in [4.78, 5) is 17.1. The van der Waals surface area contributed by atoms with Gasteiger partial charge in [0.05, 0.1) is 6.61 Å². The Kier molecular flexibility index (Phi) is 3.54. The highest BCUT2D eigenvalue weighted by atomic mass is 16.5. The van der Waals surface area contributed by atoms with Gasteiger partial charge >= 0.3 is 5.97 Å². The van der Waals surface area contributed by atoms with Crippen LogP contribution in [0.15, 0.2) is 4.52 Å². The molecule has 1 aromatic heterocycles. The van der Waals surface area contributed by atoms with Crippen LogP contribution in [0.3, 0.4) is 0 Å². The van der Waals surface area contributed by atoms with Gasteiger partial charge < -0.3 is 9.26 Å². The largest absolute Gasteiger partial charge is 0.465 e. The maximum Gasteiger partial charge on any atom is 0.321 e. The molecular formula is C16H24N2O3. The summed E-state index contributed by atoms with van der Waals surface area (Å²) in [5.41, 5.74) is -0.455. The number of aromatic nitrogens is 2. The van der Waals surface area contributed by atoms with Crippen LogP contribution in [-0.2, 0) is 14.9 Å². The number of esters is 1. The molecule has 5 nitrogen and oxygen atoms in total. The van der Waals surface area contributed by atoms with Gasteiger partial charge in [0.25, 0.3) is 0 Å². The molecule has 0 N–H and O–H groups in total. The quantitative estimate of drug-likeness (QED) is 0.796. The number of carbonyl (C=O) groups excluding carboxylic acids is 1. The lowest BCUT2D eigenvalue weighted by Gasteiger charge is -2.31. The summed E-state index contributed by atoms with van der Waals surface area (Å²) in [5.74, 6) is 1.38. The SMILES string of the molecule is CCOC(=O)C1(c2nc(C3CC3(C)C)no2)CCCCC1. The zero-order valence-electron chi connectivity index (χ0n) is 13.1. The van der Waals surface area contributed by atoms with Crippen molar-refractivity contribution in [2.45, 2.75) is 70.6 Å². The van der Waals surface area contributed by atoms with E-state index in [0.717, 1.165) is 44.3 Å². The third-order valence-electron chi connectivity index (χ3n) is 5.05. The predicted molar refractivity (Wildman–Crippen MR) is 76.8 cm³/mol. The molecule has 0 aliphatic heterocycles. The van der Waals surface area contributed by atoms with Gasteiger partial charge in [-0.15, -0.1) is 0 Å². The van der Waals surface area contributed by atoms with Gasteiger partial charge in [-0.05, 0) is 31.6 Å². The number of hydrogen-bond acceptors (Lipinski definition) is 5. The van der Waals surface area contributed by atoms with Crippen molar-refractivity contribution in [3.63, 3.8) is 0 Å². The Bertz CT molecular complexity index is 529. The van der Waals surface area contributed by atoms with E-state index in [1.807, 2.05) is 6.92 Å². The Labute approximate surface area is 125 Å². The molecule has 0 radical (unpaired) electrons. The second-order valence-corrected chi connectivity index (χ2v) is 7.07. The molecule has 21 heavy (non-hydrogen) atoms. The molecule has 1 unspecified atom stereocenters. The van der Waals surface area contributed by atoms with E-state index < -0.39 is 5.41 Å². The molecule has 2 fully saturated rings. The average Bonchev–Trinajstić information content (AvgIpc) is 2.90. The van der Waals surface area contributed by atoms with Crippen molar-refractivity contribution >= 4 is 5.97 Å². The average molecular weight is 292 g/mol. The van der Waals surface area contributed by atoms with E-state index in [2.05, 4.69) is 24.0 Å². The minimum Gasteiger partial charge on any atom is -0.465 e. The molecule has 116 valence electrons. The van der Waals surface area contributed by atoms with Crippen LogP contribution in [0.4, 0.5) is 0 Å². The van der Waals surface area contributed by atoms with Crippen LogP contribution in [0.25, 0.3) is 0 Å². The predicted octanol–water partition coefficient (Wildman–Crippen LogP) is 3.35. The van der Waals surface area contributed by atoms with Gasteiger partial charge in [0, 0.05) is 5.92 Å². The van der Waals surface area contributed by atoms with E-state index in [9.17, 15) is 4.79 Å². The lowest BCUT2D eigenvalue weighted by Crippen LogP contribution is -2.39. The van der Waals surface area contributed by atoms with Crippen molar-refractivity contribution in [3.8, 4) is 0 Å². The minimum atomic E-state index is -0.710. The lowest BCUT2D eigenvalue weighted by molar-refractivity contribution is -0.152. The highest BCUT2D eigenvalue weighted by Gasteiger charge is 2.52. The van der Waals surface area contributed by atoms with Crippen LogP contribution in [0.5, 0.6) is 0 Å². The molecule has 2 aliphatic rings. The summed E-state index contributed by atoms with van der Waals surface area (Å²) in [6.45, 7) is 6.63. The monoisotopic (exact) mass is 292 g/mol. The second-order valence-electron chi connectivity index (χ2n) is 7.07. The minimum absolute atomic E-state index is 0.199. The topological polar surface area (TPSA) is 65.2 Å². The molecule has 1 heterocycles. The third kappa shape index (κ3) is 2.47. The van der Waals surface area contributed by atoms with Gasteiger partial charge in [-0.2, -0.15) is 4.98 Å². The van der Waals surface area contributed by atoms with Crippen LogP contribution in [-0.4, -0.2) is 22.7 Å². The Morgan fingerprint density at radius 1 is 1.33 bits per heavy atom. The summed E-state index contributed by atoms with van der Waals surface area (Å²) >= 11 is 0. The van der Waals surface area contributed by atoms with Crippen LogP contribution < -0.4 is 0 Å². The van der Waals surface area contributed by atoms with Crippen molar-refractivity contribution in [2.24, 2.45) is 5.41 Å². The number of carbonyl (C=O) groups is 1. The van der Waals surface area contributed by atoms with Crippen LogP contribution in [0, 0.1) is 5.41 Å². The third-order valence-corrected chi connectivity index (χ3v) is 5.05. The van der Waals surface area contributed by atoms with Gasteiger partial charge in [-0.25, -0.2) is 0 Å². The molecule has 0 spiro atoms. The standard InChI is InChI=1S/C16H24N2O3/c1-4-20-14(19)16(8-6-5-7-9-16)13-17-12(18-21-13)11-10-15(11,2)3/h11H,4-10H2,1-3H3. The van der Waals surface area contributed by atoms with Gasteiger partial charge in [0.1, 0.15) is 5.41 Å². The fraction of sp³-hybridized carbons (Fsp3) is 0.812. The normalized spacial score (nSPS) is 26.3. The van der Waals surface area contributed by atoms with E-state index in [-0.39, 0.29) is 11.4 Å². The van der Waals surface area contributed by atoms with E-state index in [0.29, 0.717) is 18.4 Å². The summed E-state index contributed by atoms with van der Waals surface area (Å²) in [7, 11) is 0. The highest BCUT2D eigenvalue weighted by molar-refractivity contribution is 5.82. The molecule has 3 rings (SSSR count). The van der Waals surface area contributed by atoms with E-state index in [4.69, 9.17) is 9.26 Å². The Balaban J connectivity index is 1.88. The van der Waals surface area contributed by atoms with Gasteiger partial charge in [-0.1, -0.05) is 38.3 Å². The fourth-order valence-corrected chi connectivity index (χ4v) is 3.41. The van der Waals surface area contributed by atoms with Crippen molar-refractivity contribution in [1.82, 2.24) is 10.1 Å². The van der Waals surface area contributed by atoms with Crippen molar-refractivity contribution < 1.29 is 14.1 Å². The molecule has 0 aromatic carbocycles. The number of nitrogens with zero attached hydrogens (tertiary/aromatic N) is 2. The second kappa shape index (κ2) is 5.11. The molecular weight excluding hydrogens is 268 g/mol. The van der Waals surface area contributed by atoms with E-state index in [1.165, 1.54) is 0 Å². The summed E-state index contributed by atoms with van der Waals surface area (Å²) in [5, 5.41) is 4.14. The number of rotatable bonds is 4. The zero-order valence-corrected chi connectivity index (χ0v) is 13.1. The first-order valence-corrected chi connectivity index (χ1v) is 8.01. The Hall–Kier alpha value is -1.39. The molecule has 2 aliphatic carbocycles. The number of hydrogen-bond donors (Lipinski definition) is 0. The van der Waals surface area contributed by atoms with Gasteiger partial charge in [-0.3, -0.25) is 4.79 Å².